The lowest BCUT2D eigenvalue weighted by molar-refractivity contribution is 0.0697. The number of aromatic carboxylic acids is 1. The van der Waals surface area contributed by atoms with Crippen LogP contribution >= 0.6 is 0 Å². The third-order valence-electron chi connectivity index (χ3n) is 1.40. The summed E-state index contributed by atoms with van der Waals surface area (Å²) in [7, 11) is 0. The van der Waals surface area contributed by atoms with E-state index in [9.17, 15) is 4.79 Å². The van der Waals surface area contributed by atoms with Gasteiger partial charge in [-0.1, -0.05) is 0 Å². The van der Waals surface area contributed by atoms with E-state index >= 15 is 0 Å². The van der Waals surface area contributed by atoms with Crippen LogP contribution in [-0.4, -0.2) is 17.4 Å². The van der Waals surface area contributed by atoms with E-state index in [0.717, 1.165) is 0 Å². The number of nitrogens with two attached hydrogens (primary N) is 1. The fraction of sp³-hybridized carbons (Fsp3) is 0. The molecule has 0 saturated carbocycles. The molecule has 1 aromatic carbocycles. The molecule has 0 fully saturated rings. The van der Waals surface area contributed by atoms with Crippen LogP contribution in [0.3, 0.4) is 0 Å². The molecule has 0 radical (unpaired) electrons. The highest BCUT2D eigenvalue weighted by atomic mass is 16.4. The van der Waals surface area contributed by atoms with Crippen molar-refractivity contribution >= 4 is 18.0 Å². The molecule has 0 heterocycles. The summed E-state index contributed by atoms with van der Waals surface area (Å²) in [5.74, 6) is 4.01. The van der Waals surface area contributed by atoms with Crippen molar-refractivity contribution in [1.29, 1.82) is 0 Å². The van der Waals surface area contributed by atoms with E-state index in [1.807, 2.05) is 0 Å². The lowest BCUT2D eigenvalue weighted by Gasteiger charge is -1.94. The molecule has 68 valence electrons. The Bertz CT molecular complexity index is 319. The summed E-state index contributed by atoms with van der Waals surface area (Å²) in [6.45, 7) is 0. The van der Waals surface area contributed by atoms with E-state index in [0.29, 0.717) is 5.69 Å². The maximum atomic E-state index is 10.5. The molecule has 0 atom stereocenters. The summed E-state index contributed by atoms with van der Waals surface area (Å²) in [5.41, 5.74) is 3.12. The number of rotatable bonds is 3. The quantitative estimate of drug-likeness (QED) is 0.273. The van der Waals surface area contributed by atoms with E-state index < -0.39 is 5.97 Å². The van der Waals surface area contributed by atoms with Gasteiger partial charge in [0.2, 0.25) is 0 Å². The summed E-state index contributed by atoms with van der Waals surface area (Å²) >= 11 is 0. The Morgan fingerprint density at radius 1 is 1.46 bits per heavy atom. The first-order valence-electron chi connectivity index (χ1n) is 3.56. The van der Waals surface area contributed by atoms with Crippen molar-refractivity contribution in [2.75, 3.05) is 0 Å². The molecule has 0 amide bonds. The first kappa shape index (κ1) is 9.21. The zero-order valence-corrected chi connectivity index (χ0v) is 6.77. The number of hydrogen-bond acceptors (Lipinski definition) is 3. The number of carboxylic acids is 1. The number of hydrogen-bond donors (Lipinski definition) is 3. The van der Waals surface area contributed by atoms with Gasteiger partial charge < -0.3 is 10.5 Å². The Morgan fingerprint density at radius 2 is 2.08 bits per heavy atom. The van der Waals surface area contributed by atoms with Gasteiger partial charge in [-0.05, 0) is 24.3 Å². The molecule has 0 aliphatic heterocycles. The van der Waals surface area contributed by atoms with Gasteiger partial charge in [0.25, 0.3) is 0 Å². The monoisotopic (exact) mass is 179 g/mol. The van der Waals surface area contributed by atoms with Crippen LogP contribution in [0.4, 0.5) is 5.69 Å². The van der Waals surface area contributed by atoms with Gasteiger partial charge in [0, 0.05) is 0 Å². The standard InChI is InChI=1S/C8H9N3O2/c9-11-5-10-7-3-1-6(2-4-7)8(12)13/h1-5H,9H2,(H,10,11)(H,12,13). The Balaban J connectivity index is 2.81. The third-order valence-corrected chi connectivity index (χ3v) is 1.40. The second kappa shape index (κ2) is 4.22. The number of hydrazine groups is 1. The van der Waals surface area contributed by atoms with Crippen molar-refractivity contribution in [3.8, 4) is 0 Å². The molecular formula is C8H9N3O2. The van der Waals surface area contributed by atoms with Crippen molar-refractivity contribution < 1.29 is 9.90 Å². The maximum Gasteiger partial charge on any atom is 0.335 e. The molecule has 0 saturated heterocycles. The molecule has 0 aliphatic rings. The molecule has 4 N–H and O–H groups in total. The Kier molecular flexibility index (Phi) is 2.99. The summed E-state index contributed by atoms with van der Waals surface area (Å²) in [6.07, 6.45) is 1.32. The van der Waals surface area contributed by atoms with Crippen LogP contribution in [0, 0.1) is 0 Å². The van der Waals surface area contributed by atoms with E-state index in [2.05, 4.69) is 10.4 Å². The van der Waals surface area contributed by atoms with Gasteiger partial charge in [-0.3, -0.25) is 0 Å². The highest BCUT2D eigenvalue weighted by molar-refractivity contribution is 5.87. The average Bonchev–Trinajstić information content (AvgIpc) is 2.15. The molecule has 0 aromatic heterocycles. The molecular weight excluding hydrogens is 170 g/mol. The molecule has 1 aromatic rings. The van der Waals surface area contributed by atoms with Crippen molar-refractivity contribution in [2.24, 2.45) is 10.8 Å². The predicted octanol–water partition coefficient (Wildman–Crippen LogP) is 0.508. The average molecular weight is 179 g/mol. The predicted molar refractivity (Wildman–Crippen MR) is 48.9 cm³/mol. The molecule has 0 unspecified atom stereocenters. The Hall–Kier alpha value is -1.88. The normalized spacial score (nSPS) is 10.2. The van der Waals surface area contributed by atoms with Crippen LogP contribution in [0.2, 0.25) is 0 Å². The number of carbonyl (C=O) groups is 1. The van der Waals surface area contributed by atoms with Gasteiger partial charge in [0.1, 0.15) is 6.34 Å². The van der Waals surface area contributed by atoms with E-state index in [1.165, 1.54) is 18.5 Å². The fourth-order valence-electron chi connectivity index (χ4n) is 0.802. The van der Waals surface area contributed by atoms with Gasteiger partial charge >= 0.3 is 5.97 Å². The van der Waals surface area contributed by atoms with Crippen LogP contribution in [-0.2, 0) is 0 Å². The summed E-state index contributed by atoms with van der Waals surface area (Å²) in [6, 6.07) is 6.14. The minimum Gasteiger partial charge on any atom is -0.478 e. The number of benzene rings is 1. The first-order valence-corrected chi connectivity index (χ1v) is 3.56. The van der Waals surface area contributed by atoms with Gasteiger partial charge in [-0.15, -0.1) is 0 Å². The highest BCUT2D eigenvalue weighted by Crippen LogP contribution is 2.11. The lowest BCUT2D eigenvalue weighted by Crippen LogP contribution is -2.18. The van der Waals surface area contributed by atoms with E-state index in [4.69, 9.17) is 10.9 Å². The van der Waals surface area contributed by atoms with Crippen LogP contribution in [0.5, 0.6) is 0 Å². The zero-order chi connectivity index (χ0) is 9.68. The minimum atomic E-state index is -0.951. The van der Waals surface area contributed by atoms with Crippen molar-refractivity contribution in [3.05, 3.63) is 29.8 Å². The second-order valence-electron chi connectivity index (χ2n) is 2.28. The second-order valence-corrected chi connectivity index (χ2v) is 2.28. The third kappa shape index (κ3) is 2.57. The highest BCUT2D eigenvalue weighted by Gasteiger charge is 1.99. The Morgan fingerprint density at radius 3 is 2.54 bits per heavy atom. The SMILES string of the molecule is NNC=Nc1ccc(C(=O)O)cc1. The van der Waals surface area contributed by atoms with Gasteiger partial charge in [0.15, 0.2) is 0 Å². The first-order chi connectivity index (χ1) is 6.24. The lowest BCUT2D eigenvalue weighted by atomic mass is 10.2. The maximum absolute atomic E-state index is 10.5. The van der Waals surface area contributed by atoms with Gasteiger partial charge in [-0.25, -0.2) is 15.6 Å². The Labute approximate surface area is 74.9 Å². The zero-order valence-electron chi connectivity index (χ0n) is 6.77. The summed E-state index contributed by atoms with van der Waals surface area (Å²) in [5, 5.41) is 8.58. The van der Waals surface area contributed by atoms with Crippen molar-refractivity contribution in [3.63, 3.8) is 0 Å². The molecule has 0 aliphatic carbocycles. The van der Waals surface area contributed by atoms with Gasteiger partial charge in [0.05, 0.1) is 11.3 Å². The summed E-state index contributed by atoms with van der Waals surface area (Å²) in [4.78, 5) is 14.3. The summed E-state index contributed by atoms with van der Waals surface area (Å²) < 4.78 is 0. The van der Waals surface area contributed by atoms with Gasteiger partial charge in [-0.2, -0.15) is 0 Å². The van der Waals surface area contributed by atoms with E-state index in [1.54, 1.807) is 12.1 Å². The van der Waals surface area contributed by atoms with Crippen molar-refractivity contribution in [2.45, 2.75) is 0 Å². The van der Waals surface area contributed by atoms with Crippen LogP contribution in [0.25, 0.3) is 0 Å². The molecule has 1 rings (SSSR count). The molecule has 5 nitrogen and oxygen atoms in total. The molecule has 5 heteroatoms. The van der Waals surface area contributed by atoms with Crippen molar-refractivity contribution in [1.82, 2.24) is 5.43 Å². The largest absolute Gasteiger partial charge is 0.478 e. The number of nitrogens with zero attached hydrogens (tertiary/aromatic N) is 1. The van der Waals surface area contributed by atoms with E-state index in [-0.39, 0.29) is 5.56 Å². The molecule has 0 bridgehead atoms. The fourth-order valence-corrected chi connectivity index (χ4v) is 0.802. The topological polar surface area (TPSA) is 87.7 Å². The van der Waals surface area contributed by atoms with Crippen LogP contribution in [0.15, 0.2) is 29.3 Å². The van der Waals surface area contributed by atoms with Crippen LogP contribution < -0.4 is 11.3 Å². The van der Waals surface area contributed by atoms with Crippen LogP contribution in [0.1, 0.15) is 10.4 Å². The number of nitrogens with one attached hydrogen (secondary N) is 1. The minimum absolute atomic E-state index is 0.236. The number of carboxylic acid groups (broad SMARTS) is 1. The molecule has 13 heavy (non-hydrogen) atoms. The number of aliphatic imine (C=N–C) groups is 1. The smallest absolute Gasteiger partial charge is 0.335 e. The molecule has 0 spiro atoms.